The number of nitrogens with one attached hydrogen (secondary N) is 2. The van der Waals surface area contributed by atoms with E-state index in [1.165, 1.54) is 0 Å². The number of nitrogens with zero attached hydrogens (tertiary/aromatic N) is 2. The molecule has 0 aromatic heterocycles. The summed E-state index contributed by atoms with van der Waals surface area (Å²) in [4.78, 5) is 18.2. The van der Waals surface area contributed by atoms with E-state index in [9.17, 15) is 4.79 Å². The standard InChI is InChI=1S/C24H32N4O3.HI/c1-18-9-10-20(22(13-18)31-21-11-12-30-17-21)15-26-24(27-16-23(29)28(2)3)25-14-19-7-5-4-6-8-19;/h4-10,13,21H,11-12,14-17H2,1-3H3,(H2,25,26,27);1H. The summed E-state index contributed by atoms with van der Waals surface area (Å²) in [5, 5.41) is 6.47. The van der Waals surface area contributed by atoms with Gasteiger partial charge in [-0.15, -0.1) is 24.0 Å². The van der Waals surface area contributed by atoms with Gasteiger partial charge < -0.3 is 25.0 Å². The molecule has 1 aliphatic heterocycles. The molecule has 2 N–H and O–H groups in total. The van der Waals surface area contributed by atoms with Gasteiger partial charge in [-0.1, -0.05) is 42.5 Å². The van der Waals surface area contributed by atoms with Crippen molar-refractivity contribution in [3.63, 3.8) is 0 Å². The number of hydrogen-bond acceptors (Lipinski definition) is 4. The third-order valence-electron chi connectivity index (χ3n) is 5.02. The molecule has 2 aromatic carbocycles. The second kappa shape index (κ2) is 13.3. The molecule has 0 spiro atoms. The Morgan fingerprint density at radius 3 is 2.66 bits per heavy atom. The second-order valence-electron chi connectivity index (χ2n) is 7.86. The summed E-state index contributed by atoms with van der Waals surface area (Å²) in [5.74, 6) is 1.42. The Balaban J connectivity index is 0.00000363. The monoisotopic (exact) mass is 552 g/mol. The Kier molecular flexibility index (Phi) is 10.8. The number of amides is 1. The van der Waals surface area contributed by atoms with Crippen LogP contribution in [-0.2, 0) is 22.6 Å². The average Bonchev–Trinajstić information content (AvgIpc) is 3.27. The van der Waals surface area contributed by atoms with E-state index in [0.717, 1.165) is 35.5 Å². The summed E-state index contributed by atoms with van der Waals surface area (Å²) in [7, 11) is 3.47. The number of halogens is 1. The van der Waals surface area contributed by atoms with Gasteiger partial charge in [0.15, 0.2) is 5.96 Å². The SMILES string of the molecule is Cc1ccc(CNC(=NCc2ccccc2)NCC(=O)N(C)C)c(OC2CCOC2)c1.I. The molecule has 1 saturated heterocycles. The highest BCUT2D eigenvalue weighted by atomic mass is 127. The lowest BCUT2D eigenvalue weighted by atomic mass is 10.1. The minimum Gasteiger partial charge on any atom is -0.488 e. The quantitative estimate of drug-likeness (QED) is 0.299. The summed E-state index contributed by atoms with van der Waals surface area (Å²) >= 11 is 0. The van der Waals surface area contributed by atoms with Crippen molar-refractivity contribution < 1.29 is 14.3 Å². The summed E-state index contributed by atoms with van der Waals surface area (Å²) in [6.45, 7) is 4.63. The predicted molar refractivity (Wildman–Crippen MR) is 138 cm³/mol. The van der Waals surface area contributed by atoms with Crippen LogP contribution in [0.4, 0.5) is 0 Å². The molecule has 1 heterocycles. The molecule has 174 valence electrons. The lowest BCUT2D eigenvalue weighted by Crippen LogP contribution is -2.42. The Morgan fingerprint density at radius 1 is 1.19 bits per heavy atom. The van der Waals surface area contributed by atoms with Gasteiger partial charge in [-0.2, -0.15) is 0 Å². The number of carbonyl (C=O) groups is 1. The van der Waals surface area contributed by atoms with Gasteiger partial charge in [-0.05, 0) is 24.1 Å². The molecule has 32 heavy (non-hydrogen) atoms. The molecule has 1 amide bonds. The summed E-state index contributed by atoms with van der Waals surface area (Å²) in [5.41, 5.74) is 3.28. The van der Waals surface area contributed by atoms with Crippen molar-refractivity contribution in [2.75, 3.05) is 33.9 Å². The Bertz CT molecular complexity index is 884. The van der Waals surface area contributed by atoms with Gasteiger partial charge in [0, 0.05) is 32.6 Å². The highest BCUT2D eigenvalue weighted by molar-refractivity contribution is 14.0. The lowest BCUT2D eigenvalue weighted by molar-refractivity contribution is -0.127. The zero-order chi connectivity index (χ0) is 22.1. The number of aryl methyl sites for hydroxylation is 1. The Morgan fingerprint density at radius 2 is 1.97 bits per heavy atom. The molecular formula is C24H33IN4O3. The van der Waals surface area contributed by atoms with E-state index in [0.29, 0.717) is 25.7 Å². The van der Waals surface area contributed by atoms with Gasteiger partial charge in [0.05, 0.1) is 26.3 Å². The highest BCUT2D eigenvalue weighted by Gasteiger charge is 2.19. The number of aliphatic imine (C=N–C) groups is 1. The number of rotatable bonds is 8. The first kappa shape index (κ1) is 25.9. The molecule has 0 saturated carbocycles. The first-order valence-electron chi connectivity index (χ1n) is 10.6. The van der Waals surface area contributed by atoms with E-state index < -0.39 is 0 Å². The smallest absolute Gasteiger partial charge is 0.241 e. The number of carbonyl (C=O) groups excluding carboxylic acids is 1. The van der Waals surface area contributed by atoms with E-state index >= 15 is 0 Å². The van der Waals surface area contributed by atoms with E-state index in [1.807, 2.05) is 30.3 Å². The van der Waals surface area contributed by atoms with Crippen molar-refractivity contribution in [1.29, 1.82) is 0 Å². The second-order valence-corrected chi connectivity index (χ2v) is 7.86. The van der Waals surface area contributed by atoms with Crippen molar-refractivity contribution in [2.24, 2.45) is 4.99 Å². The van der Waals surface area contributed by atoms with Gasteiger partial charge >= 0.3 is 0 Å². The summed E-state index contributed by atoms with van der Waals surface area (Å²) in [6, 6.07) is 16.2. The lowest BCUT2D eigenvalue weighted by Gasteiger charge is -2.18. The molecule has 1 fully saturated rings. The first-order valence-corrected chi connectivity index (χ1v) is 10.6. The molecule has 7 nitrogen and oxygen atoms in total. The molecular weight excluding hydrogens is 519 g/mol. The zero-order valence-electron chi connectivity index (χ0n) is 19.0. The number of likely N-dealkylation sites (N-methyl/N-ethyl adjacent to an activating group) is 1. The Hall–Kier alpha value is -2.33. The van der Waals surface area contributed by atoms with Crippen LogP contribution in [0.25, 0.3) is 0 Å². The van der Waals surface area contributed by atoms with Crippen LogP contribution in [0.2, 0.25) is 0 Å². The minimum atomic E-state index is -0.0187. The van der Waals surface area contributed by atoms with Gasteiger partial charge in [-0.25, -0.2) is 4.99 Å². The normalized spacial score (nSPS) is 15.6. The maximum Gasteiger partial charge on any atom is 0.241 e. The fourth-order valence-corrected chi connectivity index (χ4v) is 3.13. The number of ether oxygens (including phenoxy) is 2. The zero-order valence-corrected chi connectivity index (χ0v) is 21.3. The van der Waals surface area contributed by atoms with Crippen LogP contribution < -0.4 is 15.4 Å². The van der Waals surface area contributed by atoms with Crippen LogP contribution in [0, 0.1) is 6.92 Å². The maximum absolute atomic E-state index is 12.0. The third kappa shape index (κ3) is 8.31. The molecule has 2 aromatic rings. The van der Waals surface area contributed by atoms with Crippen LogP contribution in [0.5, 0.6) is 5.75 Å². The van der Waals surface area contributed by atoms with Crippen LogP contribution in [-0.4, -0.2) is 56.7 Å². The van der Waals surface area contributed by atoms with Crippen LogP contribution >= 0.6 is 24.0 Å². The van der Waals surface area contributed by atoms with E-state index in [4.69, 9.17) is 9.47 Å². The van der Waals surface area contributed by atoms with Crippen LogP contribution in [0.1, 0.15) is 23.1 Å². The molecule has 0 bridgehead atoms. The first-order chi connectivity index (χ1) is 15.0. The average molecular weight is 552 g/mol. The molecule has 8 heteroatoms. The highest BCUT2D eigenvalue weighted by Crippen LogP contribution is 2.23. The number of benzene rings is 2. The van der Waals surface area contributed by atoms with Crippen LogP contribution in [0.3, 0.4) is 0 Å². The van der Waals surface area contributed by atoms with Crippen LogP contribution in [0.15, 0.2) is 53.5 Å². The molecule has 0 aliphatic carbocycles. The maximum atomic E-state index is 12.0. The topological polar surface area (TPSA) is 75.2 Å². The minimum absolute atomic E-state index is 0. The number of guanidine groups is 1. The van der Waals surface area contributed by atoms with Gasteiger partial charge in [0.1, 0.15) is 11.9 Å². The Labute approximate surface area is 207 Å². The van der Waals surface area contributed by atoms with Crippen molar-refractivity contribution in [2.45, 2.75) is 32.5 Å². The fourth-order valence-electron chi connectivity index (χ4n) is 3.13. The molecule has 1 atom stereocenters. The summed E-state index contributed by atoms with van der Waals surface area (Å²) < 4.78 is 11.6. The number of hydrogen-bond donors (Lipinski definition) is 2. The molecule has 1 unspecified atom stereocenters. The molecule has 0 radical (unpaired) electrons. The van der Waals surface area contributed by atoms with E-state index in [2.05, 4.69) is 40.7 Å². The predicted octanol–water partition coefficient (Wildman–Crippen LogP) is 3.10. The van der Waals surface area contributed by atoms with Gasteiger partial charge in [0.2, 0.25) is 5.91 Å². The largest absolute Gasteiger partial charge is 0.488 e. The van der Waals surface area contributed by atoms with E-state index in [1.54, 1.807) is 19.0 Å². The van der Waals surface area contributed by atoms with Gasteiger partial charge in [0.25, 0.3) is 0 Å². The third-order valence-corrected chi connectivity index (χ3v) is 5.02. The molecule has 3 rings (SSSR count). The molecule has 1 aliphatic rings. The fraction of sp³-hybridized carbons (Fsp3) is 0.417. The van der Waals surface area contributed by atoms with Crippen molar-refractivity contribution in [3.05, 3.63) is 65.2 Å². The van der Waals surface area contributed by atoms with Crippen molar-refractivity contribution >= 4 is 35.8 Å². The van der Waals surface area contributed by atoms with E-state index in [-0.39, 0.29) is 42.5 Å². The van der Waals surface area contributed by atoms with Gasteiger partial charge in [-0.3, -0.25) is 4.79 Å². The van der Waals surface area contributed by atoms with Crippen molar-refractivity contribution in [1.82, 2.24) is 15.5 Å². The summed E-state index contributed by atoms with van der Waals surface area (Å²) in [6.07, 6.45) is 0.987. The van der Waals surface area contributed by atoms with Crippen molar-refractivity contribution in [3.8, 4) is 5.75 Å².